The van der Waals surface area contributed by atoms with E-state index < -0.39 is 204 Å². The molecule has 29 heteroatoms. The normalized spacial score (nSPS) is 47.1. The zero-order valence-corrected chi connectivity index (χ0v) is 35.1. The molecule has 5 saturated heterocycles. The van der Waals surface area contributed by atoms with E-state index in [1.54, 1.807) is 0 Å². The van der Waals surface area contributed by atoms with Crippen LogP contribution in [0.4, 0.5) is 0 Å². The molecule has 0 saturated carbocycles. The van der Waals surface area contributed by atoms with Gasteiger partial charge in [-0.3, -0.25) is 14.4 Å². The molecule has 376 valence electrons. The molecule has 3 amide bonds. The maximum Gasteiger partial charge on any atom is 0.217 e. The summed E-state index contributed by atoms with van der Waals surface area (Å²) < 4.78 is 51.1. The summed E-state index contributed by atoms with van der Waals surface area (Å²) in [5, 5.41) is 156. The standard InChI is InChI=1S/C36H61N3O26/c1-9(44)37-17-24(51)20(47)12(4-40)59-34(17)65-31-22(49)14(6-42)61-36(28(31)55)63-29-15(7-43)62-33(18(25(29)52)38-10(2)45)57-8-16-23(50)30(19(32(56)58-16)39-11(3)46)64-35-27(54)26(53)21(48)13(5-41)60-35/h12-36,40-43,47-56H,4-8H2,1-3H3,(H,37,44)(H,38,45)(H,39,46)/t12-,13-,14-,15-,16-,17-,18-,19-,20-,21+,22+,23+,24-,25-,26+,27-,28-,29-,30-,31+,32+,33-,34+,35+,36+/m1/s1. The maximum absolute atomic E-state index is 12.4. The van der Waals surface area contributed by atoms with Crippen molar-refractivity contribution in [2.45, 2.75) is 174 Å². The van der Waals surface area contributed by atoms with Gasteiger partial charge in [0.05, 0.1) is 33.0 Å². The van der Waals surface area contributed by atoms with Gasteiger partial charge in [0.2, 0.25) is 17.7 Å². The van der Waals surface area contributed by atoms with Crippen molar-refractivity contribution in [3.05, 3.63) is 0 Å². The molecule has 65 heavy (non-hydrogen) atoms. The van der Waals surface area contributed by atoms with E-state index in [2.05, 4.69) is 16.0 Å². The number of carbonyl (C=O) groups excluding carboxylic acids is 3. The van der Waals surface area contributed by atoms with Gasteiger partial charge >= 0.3 is 0 Å². The predicted octanol–water partition coefficient (Wildman–Crippen LogP) is -11.5. The summed E-state index contributed by atoms with van der Waals surface area (Å²) in [5.74, 6) is -2.23. The summed E-state index contributed by atoms with van der Waals surface area (Å²) in [5.41, 5.74) is 0. The summed E-state index contributed by atoms with van der Waals surface area (Å²) in [6, 6.07) is -4.73. The number of hydrogen-bond donors (Lipinski definition) is 17. The Balaban J connectivity index is 1.33. The van der Waals surface area contributed by atoms with Gasteiger partial charge < -0.3 is 130 Å². The first-order valence-corrected chi connectivity index (χ1v) is 20.6. The number of carbonyl (C=O) groups is 3. The number of hydrogen-bond acceptors (Lipinski definition) is 26. The van der Waals surface area contributed by atoms with Crippen LogP contribution in [0, 0.1) is 0 Å². The van der Waals surface area contributed by atoms with Crippen molar-refractivity contribution in [1.82, 2.24) is 16.0 Å². The molecule has 0 unspecified atom stereocenters. The third kappa shape index (κ3) is 12.0. The first-order chi connectivity index (χ1) is 30.7. The molecule has 5 rings (SSSR count). The van der Waals surface area contributed by atoms with Crippen LogP contribution in [0.1, 0.15) is 20.8 Å². The van der Waals surface area contributed by atoms with Gasteiger partial charge in [0, 0.05) is 20.8 Å². The largest absolute Gasteiger partial charge is 0.394 e. The van der Waals surface area contributed by atoms with Crippen molar-refractivity contribution in [2.75, 3.05) is 33.0 Å². The Bertz CT molecular complexity index is 1560. The van der Waals surface area contributed by atoms with Gasteiger partial charge in [0.1, 0.15) is 122 Å². The highest BCUT2D eigenvalue weighted by Crippen LogP contribution is 2.34. The third-order valence-corrected chi connectivity index (χ3v) is 11.5. The highest BCUT2D eigenvalue weighted by Gasteiger charge is 2.56. The van der Waals surface area contributed by atoms with Crippen molar-refractivity contribution >= 4 is 17.7 Å². The number of amides is 3. The van der Waals surface area contributed by atoms with Crippen molar-refractivity contribution in [2.24, 2.45) is 0 Å². The highest BCUT2D eigenvalue weighted by atomic mass is 16.8. The Labute approximate surface area is 369 Å². The Morgan fingerprint density at radius 1 is 0.400 bits per heavy atom. The molecule has 0 aromatic carbocycles. The average molecular weight is 952 g/mol. The molecule has 17 N–H and O–H groups in total. The van der Waals surface area contributed by atoms with Gasteiger partial charge in [-0.25, -0.2) is 0 Å². The molecule has 0 radical (unpaired) electrons. The molecule has 0 aromatic rings. The van der Waals surface area contributed by atoms with E-state index in [0.717, 1.165) is 20.8 Å². The maximum atomic E-state index is 12.4. The number of aliphatic hydroxyl groups is 14. The van der Waals surface area contributed by atoms with Crippen molar-refractivity contribution in [3.63, 3.8) is 0 Å². The number of rotatable bonds is 16. The van der Waals surface area contributed by atoms with Crippen LogP contribution in [0.3, 0.4) is 0 Å². The second-order valence-electron chi connectivity index (χ2n) is 16.2. The van der Waals surface area contributed by atoms with Gasteiger partial charge in [-0.05, 0) is 0 Å². The minimum absolute atomic E-state index is 0.721. The van der Waals surface area contributed by atoms with Crippen LogP contribution in [-0.2, 0) is 57.0 Å². The molecule has 0 aromatic heterocycles. The van der Waals surface area contributed by atoms with Crippen molar-refractivity contribution in [3.8, 4) is 0 Å². The molecular formula is C36H61N3O26. The van der Waals surface area contributed by atoms with Gasteiger partial charge in [-0.1, -0.05) is 0 Å². The van der Waals surface area contributed by atoms with Crippen LogP contribution < -0.4 is 16.0 Å². The lowest BCUT2D eigenvalue weighted by atomic mass is 9.94. The van der Waals surface area contributed by atoms with Crippen LogP contribution >= 0.6 is 0 Å². The summed E-state index contributed by atoms with van der Waals surface area (Å²) in [7, 11) is 0. The topological polar surface area (TPSA) is 454 Å². The van der Waals surface area contributed by atoms with E-state index >= 15 is 0 Å². The van der Waals surface area contributed by atoms with E-state index in [-0.39, 0.29) is 0 Å². The molecular weight excluding hydrogens is 890 g/mol. The van der Waals surface area contributed by atoms with Gasteiger partial charge in [0.15, 0.2) is 31.5 Å². The van der Waals surface area contributed by atoms with Crippen LogP contribution in [0.15, 0.2) is 0 Å². The zero-order chi connectivity index (χ0) is 48.2. The summed E-state index contributed by atoms with van der Waals surface area (Å²) in [6.07, 6.45) is -39.4. The van der Waals surface area contributed by atoms with Crippen LogP contribution in [0.5, 0.6) is 0 Å². The summed E-state index contributed by atoms with van der Waals surface area (Å²) in [4.78, 5) is 36.5. The van der Waals surface area contributed by atoms with E-state index in [1.165, 1.54) is 0 Å². The van der Waals surface area contributed by atoms with E-state index in [0.29, 0.717) is 0 Å². The average Bonchev–Trinajstić information content (AvgIpc) is 3.25. The molecule has 29 nitrogen and oxygen atoms in total. The van der Waals surface area contributed by atoms with Crippen LogP contribution in [0.2, 0.25) is 0 Å². The molecule has 5 fully saturated rings. The van der Waals surface area contributed by atoms with Gasteiger partial charge in [-0.2, -0.15) is 0 Å². The van der Waals surface area contributed by atoms with Gasteiger partial charge in [-0.15, -0.1) is 0 Å². The number of aliphatic hydroxyl groups excluding tert-OH is 14. The quantitative estimate of drug-likeness (QED) is 0.0683. The molecule has 5 aliphatic rings. The van der Waals surface area contributed by atoms with Crippen molar-refractivity contribution in [1.29, 1.82) is 0 Å². The zero-order valence-electron chi connectivity index (χ0n) is 35.1. The number of nitrogens with one attached hydrogen (secondary N) is 3. The van der Waals surface area contributed by atoms with Crippen molar-refractivity contribution < 1.29 is 129 Å². The molecule has 0 spiro atoms. The molecule has 5 aliphatic heterocycles. The monoisotopic (exact) mass is 951 g/mol. The Morgan fingerprint density at radius 3 is 1.35 bits per heavy atom. The van der Waals surface area contributed by atoms with Crippen LogP contribution in [-0.4, -0.2) is 276 Å². The Kier molecular flexibility index (Phi) is 19.1. The number of ether oxygens (including phenoxy) is 9. The lowest BCUT2D eigenvalue weighted by Gasteiger charge is -2.49. The van der Waals surface area contributed by atoms with Crippen LogP contribution in [0.25, 0.3) is 0 Å². The SMILES string of the molecule is CC(=O)N[C@@H]1[C@@H](O[C@@H]2O[C@H](CO)[C@H](O)[C@H](O)[C@H]2O)[C@@H](O)[C@@H](CO[C@@H]2O[C@H](CO)[C@@H](O[C@@H]3O[C@H](CO)[C@H](O)[C@H](O[C@@H]4O[C@H](CO)[C@@H](O)[C@H](O)[C@H]4NC(C)=O)[C@H]3O)[C@H](O)[C@H]2NC(C)=O)O[C@@H]1O. The lowest BCUT2D eigenvalue weighted by molar-refractivity contribution is -0.371. The highest BCUT2D eigenvalue weighted by molar-refractivity contribution is 5.74. The smallest absolute Gasteiger partial charge is 0.217 e. The Morgan fingerprint density at radius 2 is 0.815 bits per heavy atom. The molecule has 0 bridgehead atoms. The first-order valence-electron chi connectivity index (χ1n) is 20.6. The first kappa shape index (κ1) is 53.4. The fraction of sp³-hybridized carbons (Fsp3) is 0.917. The second kappa shape index (κ2) is 23.2. The van der Waals surface area contributed by atoms with E-state index in [1.807, 2.05) is 0 Å². The fourth-order valence-corrected chi connectivity index (χ4v) is 8.13. The second-order valence-corrected chi connectivity index (χ2v) is 16.2. The van der Waals surface area contributed by atoms with E-state index in [9.17, 15) is 85.9 Å². The minimum atomic E-state index is -2.08. The van der Waals surface area contributed by atoms with Gasteiger partial charge in [0.25, 0.3) is 0 Å². The van der Waals surface area contributed by atoms with E-state index in [4.69, 9.17) is 42.6 Å². The third-order valence-electron chi connectivity index (χ3n) is 11.5. The summed E-state index contributed by atoms with van der Waals surface area (Å²) >= 11 is 0. The molecule has 25 atom stereocenters. The lowest BCUT2D eigenvalue weighted by Crippen LogP contribution is -2.69. The fourth-order valence-electron chi connectivity index (χ4n) is 8.13. The summed E-state index contributed by atoms with van der Waals surface area (Å²) in [6.45, 7) is -1.17. The molecule has 0 aliphatic carbocycles. The Hall–Kier alpha value is -2.51. The predicted molar refractivity (Wildman–Crippen MR) is 201 cm³/mol. The molecule has 5 heterocycles. The minimum Gasteiger partial charge on any atom is -0.394 e.